The molecule has 1 saturated carbocycles. The molecular formula is C15H23N5O. The summed E-state index contributed by atoms with van der Waals surface area (Å²) in [6, 6.07) is 2.60. The molecule has 1 aliphatic carbocycles. The Kier molecular flexibility index (Phi) is 4.05. The maximum absolute atomic E-state index is 11.8. The van der Waals surface area contributed by atoms with Crippen LogP contribution in [0.1, 0.15) is 38.4 Å². The van der Waals surface area contributed by atoms with Crippen LogP contribution in [0.4, 0.5) is 5.82 Å². The average molecular weight is 289 g/mol. The van der Waals surface area contributed by atoms with Crippen LogP contribution in [0.25, 0.3) is 0 Å². The van der Waals surface area contributed by atoms with Gasteiger partial charge in [-0.1, -0.05) is 0 Å². The van der Waals surface area contributed by atoms with Gasteiger partial charge in [0.25, 0.3) is 0 Å². The summed E-state index contributed by atoms with van der Waals surface area (Å²) in [5.74, 6) is 1.48. The van der Waals surface area contributed by atoms with E-state index in [4.69, 9.17) is 5.73 Å². The van der Waals surface area contributed by atoms with Gasteiger partial charge in [0.2, 0.25) is 5.91 Å². The minimum absolute atomic E-state index is 0.199. The SMILES string of the molecule is CC(=O)N(C[C@@H]1CCCN1Cc1nccc(N)n1)C1CC1. The quantitative estimate of drug-likeness (QED) is 0.876. The van der Waals surface area contributed by atoms with E-state index in [2.05, 4.69) is 14.9 Å². The molecule has 2 N–H and O–H groups in total. The number of amides is 1. The van der Waals surface area contributed by atoms with E-state index >= 15 is 0 Å². The predicted octanol–water partition coefficient (Wildman–Crippen LogP) is 1.03. The van der Waals surface area contributed by atoms with Gasteiger partial charge in [-0.15, -0.1) is 0 Å². The predicted molar refractivity (Wildman–Crippen MR) is 80.3 cm³/mol. The molecule has 1 aromatic rings. The minimum atomic E-state index is 0.199. The van der Waals surface area contributed by atoms with Crippen molar-refractivity contribution in [1.82, 2.24) is 19.8 Å². The van der Waals surface area contributed by atoms with Gasteiger partial charge in [0.05, 0.1) is 6.54 Å². The van der Waals surface area contributed by atoms with Crippen LogP contribution in [0.15, 0.2) is 12.3 Å². The first kappa shape index (κ1) is 14.3. The number of nitrogens with two attached hydrogens (primary N) is 1. The zero-order valence-electron chi connectivity index (χ0n) is 12.5. The number of hydrogen-bond donors (Lipinski definition) is 1. The van der Waals surface area contributed by atoms with Crippen LogP contribution >= 0.6 is 0 Å². The standard InChI is InChI=1S/C15H23N5O/c1-11(21)20(12-4-5-12)9-13-3-2-8-19(13)10-15-17-7-6-14(16)18-15/h6-7,12-13H,2-5,8-10H2,1H3,(H2,16,17,18)/t13-/m0/s1. The molecule has 1 saturated heterocycles. The summed E-state index contributed by atoms with van der Waals surface area (Å²) in [5.41, 5.74) is 5.71. The number of nitrogens with zero attached hydrogens (tertiary/aromatic N) is 4. The molecule has 3 rings (SSSR count). The molecule has 114 valence electrons. The van der Waals surface area contributed by atoms with E-state index in [1.165, 1.54) is 6.42 Å². The van der Waals surface area contributed by atoms with E-state index in [9.17, 15) is 4.79 Å². The van der Waals surface area contributed by atoms with Crippen molar-refractivity contribution in [3.63, 3.8) is 0 Å². The summed E-state index contributed by atoms with van der Waals surface area (Å²) in [6.07, 6.45) is 6.33. The van der Waals surface area contributed by atoms with Crippen molar-refractivity contribution in [1.29, 1.82) is 0 Å². The number of aromatic nitrogens is 2. The summed E-state index contributed by atoms with van der Waals surface area (Å²) in [7, 11) is 0. The molecule has 1 atom stereocenters. The van der Waals surface area contributed by atoms with Crippen LogP contribution in [0.5, 0.6) is 0 Å². The maximum atomic E-state index is 11.8. The Hall–Kier alpha value is -1.69. The fraction of sp³-hybridized carbons (Fsp3) is 0.667. The van der Waals surface area contributed by atoms with E-state index in [1.807, 2.05) is 4.90 Å². The number of rotatable bonds is 5. The normalized spacial score (nSPS) is 22.4. The van der Waals surface area contributed by atoms with Crippen molar-refractivity contribution in [2.45, 2.75) is 51.2 Å². The van der Waals surface area contributed by atoms with E-state index in [1.54, 1.807) is 19.2 Å². The van der Waals surface area contributed by atoms with Gasteiger partial charge in [-0.05, 0) is 38.3 Å². The van der Waals surface area contributed by atoms with Crippen molar-refractivity contribution in [2.24, 2.45) is 0 Å². The van der Waals surface area contributed by atoms with Gasteiger partial charge in [0.1, 0.15) is 11.6 Å². The summed E-state index contributed by atoms with van der Waals surface area (Å²) < 4.78 is 0. The van der Waals surface area contributed by atoms with Crippen molar-refractivity contribution >= 4 is 11.7 Å². The van der Waals surface area contributed by atoms with Gasteiger partial charge in [0, 0.05) is 31.7 Å². The average Bonchev–Trinajstić information content (AvgIpc) is 3.18. The van der Waals surface area contributed by atoms with Gasteiger partial charge in [-0.2, -0.15) is 0 Å². The largest absolute Gasteiger partial charge is 0.384 e. The van der Waals surface area contributed by atoms with Gasteiger partial charge in [0.15, 0.2) is 0 Å². The second-order valence-corrected chi connectivity index (χ2v) is 6.07. The molecular weight excluding hydrogens is 266 g/mol. The highest BCUT2D eigenvalue weighted by molar-refractivity contribution is 5.74. The molecule has 0 aromatic carbocycles. The molecule has 2 aliphatic rings. The van der Waals surface area contributed by atoms with Crippen LogP contribution in [0.3, 0.4) is 0 Å². The molecule has 1 aliphatic heterocycles. The van der Waals surface area contributed by atoms with E-state index in [0.717, 1.165) is 38.2 Å². The van der Waals surface area contributed by atoms with E-state index < -0.39 is 0 Å². The van der Waals surface area contributed by atoms with Crippen LogP contribution < -0.4 is 5.73 Å². The molecule has 1 amide bonds. The van der Waals surface area contributed by atoms with Crippen molar-refractivity contribution in [3.05, 3.63) is 18.1 Å². The number of carbonyl (C=O) groups excluding carboxylic acids is 1. The van der Waals surface area contributed by atoms with E-state index in [-0.39, 0.29) is 5.91 Å². The lowest BCUT2D eigenvalue weighted by Crippen LogP contribution is -2.43. The summed E-state index contributed by atoms with van der Waals surface area (Å²) >= 11 is 0. The highest BCUT2D eigenvalue weighted by atomic mass is 16.2. The third-order valence-electron chi connectivity index (χ3n) is 4.37. The lowest BCUT2D eigenvalue weighted by molar-refractivity contribution is -0.130. The highest BCUT2D eigenvalue weighted by Crippen LogP contribution is 2.29. The van der Waals surface area contributed by atoms with Gasteiger partial charge in [-0.25, -0.2) is 9.97 Å². The minimum Gasteiger partial charge on any atom is -0.384 e. The monoisotopic (exact) mass is 289 g/mol. The molecule has 6 heteroatoms. The molecule has 0 spiro atoms. The summed E-state index contributed by atoms with van der Waals surface area (Å²) in [5, 5.41) is 0. The molecule has 1 aromatic heterocycles. The molecule has 0 unspecified atom stereocenters. The Morgan fingerprint density at radius 2 is 2.29 bits per heavy atom. The molecule has 2 fully saturated rings. The number of likely N-dealkylation sites (tertiary alicyclic amines) is 1. The molecule has 21 heavy (non-hydrogen) atoms. The zero-order valence-corrected chi connectivity index (χ0v) is 12.5. The van der Waals surface area contributed by atoms with Crippen molar-refractivity contribution < 1.29 is 4.79 Å². The molecule has 0 radical (unpaired) electrons. The fourth-order valence-corrected chi connectivity index (χ4v) is 3.13. The second kappa shape index (κ2) is 5.97. The molecule has 6 nitrogen and oxygen atoms in total. The Bertz CT molecular complexity index is 517. The second-order valence-electron chi connectivity index (χ2n) is 6.07. The number of anilines is 1. The van der Waals surface area contributed by atoms with Crippen LogP contribution in [-0.2, 0) is 11.3 Å². The van der Waals surface area contributed by atoms with Crippen molar-refractivity contribution in [2.75, 3.05) is 18.8 Å². The number of carbonyl (C=O) groups is 1. The lowest BCUT2D eigenvalue weighted by atomic mass is 10.2. The van der Waals surface area contributed by atoms with E-state index in [0.29, 0.717) is 24.4 Å². The maximum Gasteiger partial charge on any atom is 0.219 e. The van der Waals surface area contributed by atoms with Crippen LogP contribution in [-0.4, -0.2) is 50.8 Å². The van der Waals surface area contributed by atoms with Crippen LogP contribution in [0, 0.1) is 0 Å². The lowest BCUT2D eigenvalue weighted by Gasteiger charge is -2.30. The Morgan fingerprint density at radius 3 is 2.95 bits per heavy atom. The first-order chi connectivity index (χ1) is 10.1. The van der Waals surface area contributed by atoms with Gasteiger partial charge in [-0.3, -0.25) is 9.69 Å². The number of nitrogen functional groups attached to an aromatic ring is 1. The first-order valence-corrected chi connectivity index (χ1v) is 7.72. The highest BCUT2D eigenvalue weighted by Gasteiger charge is 2.35. The Balaban J connectivity index is 1.63. The smallest absolute Gasteiger partial charge is 0.219 e. The molecule has 2 heterocycles. The number of hydrogen-bond acceptors (Lipinski definition) is 5. The van der Waals surface area contributed by atoms with Crippen molar-refractivity contribution in [3.8, 4) is 0 Å². The van der Waals surface area contributed by atoms with Crippen LogP contribution in [0.2, 0.25) is 0 Å². The third-order valence-corrected chi connectivity index (χ3v) is 4.37. The third kappa shape index (κ3) is 3.50. The summed E-state index contributed by atoms with van der Waals surface area (Å²) in [4.78, 5) is 24.8. The zero-order chi connectivity index (χ0) is 14.8. The van der Waals surface area contributed by atoms with Gasteiger partial charge >= 0.3 is 0 Å². The first-order valence-electron chi connectivity index (χ1n) is 7.72. The summed E-state index contributed by atoms with van der Waals surface area (Å²) in [6.45, 7) is 4.27. The Morgan fingerprint density at radius 1 is 1.48 bits per heavy atom. The molecule has 0 bridgehead atoms. The topological polar surface area (TPSA) is 75.4 Å². The fourth-order valence-electron chi connectivity index (χ4n) is 3.13. The Labute approximate surface area is 125 Å². The van der Waals surface area contributed by atoms with Gasteiger partial charge < -0.3 is 10.6 Å².